The van der Waals surface area contributed by atoms with Gasteiger partial charge in [0.25, 0.3) is 0 Å². The van der Waals surface area contributed by atoms with Crippen molar-refractivity contribution in [1.82, 2.24) is 0 Å². The summed E-state index contributed by atoms with van der Waals surface area (Å²) in [5, 5.41) is 17.2. The molecule has 0 spiro atoms. The lowest BCUT2D eigenvalue weighted by atomic mass is 10.2. The second kappa shape index (κ2) is 10.6. The van der Waals surface area contributed by atoms with Crippen LogP contribution in [-0.2, 0) is 19.1 Å². The van der Waals surface area contributed by atoms with Crippen molar-refractivity contribution in [3.63, 3.8) is 0 Å². The van der Waals surface area contributed by atoms with Gasteiger partial charge in [0.05, 0.1) is 6.61 Å². The number of ether oxygens (including phenoxy) is 1. The maximum Gasteiger partial charge on any atom is 0.334 e. The number of hydrogen-bond acceptors (Lipinski definition) is 5. The molecule has 6 heteroatoms. The van der Waals surface area contributed by atoms with E-state index in [-0.39, 0.29) is 19.4 Å². The molecule has 1 atom stereocenters. The highest BCUT2D eigenvalue weighted by atomic mass is 16.5. The molecule has 6 nitrogen and oxygen atoms in total. The minimum absolute atomic E-state index is 0.103. The third-order valence-electron chi connectivity index (χ3n) is 1.19. The Morgan fingerprint density at radius 1 is 1.47 bits per heavy atom. The number of carboxylic acids is 1. The van der Waals surface area contributed by atoms with E-state index in [1.807, 2.05) is 0 Å². The number of carbonyl (C=O) groups excluding carboxylic acids is 2. The average molecular weight is 220 g/mol. The van der Waals surface area contributed by atoms with Crippen molar-refractivity contribution in [2.45, 2.75) is 32.8 Å². The summed E-state index contributed by atoms with van der Waals surface area (Å²) in [5.41, 5.74) is 0. The lowest BCUT2D eigenvalue weighted by Gasteiger charge is -2.06. The zero-order chi connectivity index (χ0) is 12.3. The van der Waals surface area contributed by atoms with Crippen molar-refractivity contribution in [2.24, 2.45) is 0 Å². The molecule has 2 N–H and O–H groups in total. The Balaban J connectivity index is 0. The van der Waals surface area contributed by atoms with Crippen molar-refractivity contribution in [1.29, 1.82) is 0 Å². The summed E-state index contributed by atoms with van der Waals surface area (Å²) in [6.07, 6.45) is -0.908. The first kappa shape index (κ1) is 16.0. The van der Waals surface area contributed by atoms with Crippen LogP contribution >= 0.6 is 0 Å². The first-order valence-electron chi connectivity index (χ1n) is 4.45. The van der Waals surface area contributed by atoms with Crippen LogP contribution in [0.5, 0.6) is 0 Å². The monoisotopic (exact) mass is 220 g/mol. The quantitative estimate of drug-likeness (QED) is 0.498. The van der Waals surface area contributed by atoms with Gasteiger partial charge in [0.1, 0.15) is 6.29 Å². The molecule has 0 radical (unpaired) electrons. The van der Waals surface area contributed by atoms with E-state index < -0.39 is 18.0 Å². The number of aliphatic hydroxyl groups is 1. The van der Waals surface area contributed by atoms with Crippen LogP contribution in [0, 0.1) is 0 Å². The van der Waals surface area contributed by atoms with Gasteiger partial charge in [-0.05, 0) is 20.3 Å². The zero-order valence-electron chi connectivity index (χ0n) is 8.80. The van der Waals surface area contributed by atoms with Gasteiger partial charge in [-0.15, -0.1) is 0 Å². The molecule has 0 aliphatic carbocycles. The van der Waals surface area contributed by atoms with Gasteiger partial charge in [0.2, 0.25) is 0 Å². The van der Waals surface area contributed by atoms with Gasteiger partial charge in [-0.3, -0.25) is 4.79 Å². The van der Waals surface area contributed by atoms with Crippen LogP contribution in [-0.4, -0.2) is 41.1 Å². The second-order valence-electron chi connectivity index (χ2n) is 2.44. The van der Waals surface area contributed by atoms with Crippen molar-refractivity contribution < 1.29 is 29.3 Å². The Morgan fingerprint density at radius 2 is 1.93 bits per heavy atom. The number of aliphatic hydroxyl groups excluding tert-OH is 1. The Labute approximate surface area is 87.9 Å². The van der Waals surface area contributed by atoms with Crippen LogP contribution in [0.15, 0.2) is 0 Å². The van der Waals surface area contributed by atoms with Crippen molar-refractivity contribution in [3.8, 4) is 0 Å². The van der Waals surface area contributed by atoms with Crippen LogP contribution in [0.1, 0.15) is 26.7 Å². The minimum Gasteiger partial charge on any atom is -0.481 e. The normalized spacial score (nSPS) is 10.6. The van der Waals surface area contributed by atoms with Crippen molar-refractivity contribution in [2.75, 3.05) is 6.61 Å². The maximum absolute atomic E-state index is 10.7. The number of hydrogen-bond donors (Lipinski definition) is 2. The van der Waals surface area contributed by atoms with Gasteiger partial charge in [0.15, 0.2) is 6.10 Å². The average Bonchev–Trinajstić information content (AvgIpc) is 2.15. The number of carboxylic acid groups (broad SMARTS) is 1. The maximum atomic E-state index is 10.7. The lowest BCUT2D eigenvalue weighted by Crippen LogP contribution is -2.23. The molecule has 88 valence electrons. The molecular formula is C9H16O6. The molecule has 0 saturated carbocycles. The fourth-order valence-corrected chi connectivity index (χ4v) is 0.616. The Morgan fingerprint density at radius 3 is 2.27 bits per heavy atom. The predicted molar refractivity (Wildman–Crippen MR) is 51.2 cm³/mol. The fourth-order valence-electron chi connectivity index (χ4n) is 0.616. The molecule has 0 rings (SSSR count). The number of esters is 1. The third-order valence-corrected chi connectivity index (χ3v) is 1.19. The second-order valence-corrected chi connectivity index (χ2v) is 2.44. The Hall–Kier alpha value is -1.43. The van der Waals surface area contributed by atoms with E-state index in [9.17, 15) is 9.59 Å². The first-order valence-corrected chi connectivity index (χ1v) is 4.45. The van der Waals surface area contributed by atoms with Crippen LogP contribution < -0.4 is 0 Å². The van der Waals surface area contributed by atoms with Gasteiger partial charge >= 0.3 is 11.9 Å². The van der Waals surface area contributed by atoms with E-state index in [1.165, 1.54) is 6.92 Å². The zero-order valence-corrected chi connectivity index (χ0v) is 8.80. The molecule has 1 unspecified atom stereocenters. The molecule has 0 amide bonds. The molecular weight excluding hydrogens is 204 g/mol. The van der Waals surface area contributed by atoms with Crippen molar-refractivity contribution >= 4 is 18.2 Å². The van der Waals surface area contributed by atoms with E-state index in [1.54, 1.807) is 6.92 Å². The minimum atomic E-state index is -1.32. The highest BCUT2D eigenvalue weighted by molar-refractivity contribution is 5.75. The van der Waals surface area contributed by atoms with Gasteiger partial charge in [-0.25, -0.2) is 4.79 Å². The molecule has 0 heterocycles. The van der Waals surface area contributed by atoms with E-state index in [0.29, 0.717) is 0 Å². The SMILES string of the molecule is CC=O.CCOC(=O)C(O)CCC(=O)O. The molecule has 0 aliphatic rings. The summed E-state index contributed by atoms with van der Waals surface area (Å²) in [5.74, 6) is -1.81. The standard InChI is InChI=1S/C7H12O5.C2H4O/c1-2-12-7(11)5(8)3-4-6(9)10;1-2-3/h5,8H,2-4H2,1H3,(H,9,10);2H,1H3. The summed E-state index contributed by atoms with van der Waals surface area (Å²) in [6, 6.07) is 0. The molecule has 0 bridgehead atoms. The Kier molecular flexibility index (Phi) is 11.4. The smallest absolute Gasteiger partial charge is 0.334 e. The van der Waals surface area contributed by atoms with Crippen LogP contribution in [0.25, 0.3) is 0 Å². The predicted octanol–water partition coefficient (Wildman–Crippen LogP) is -0.0196. The highest BCUT2D eigenvalue weighted by Gasteiger charge is 2.16. The van der Waals surface area contributed by atoms with Gasteiger partial charge in [-0.1, -0.05) is 0 Å². The van der Waals surface area contributed by atoms with E-state index in [4.69, 9.17) is 15.0 Å². The lowest BCUT2D eigenvalue weighted by molar-refractivity contribution is -0.153. The summed E-state index contributed by atoms with van der Waals surface area (Å²) in [7, 11) is 0. The van der Waals surface area contributed by atoms with Crippen LogP contribution in [0.4, 0.5) is 0 Å². The summed E-state index contributed by atoms with van der Waals surface area (Å²) in [4.78, 5) is 29.5. The van der Waals surface area contributed by atoms with Gasteiger partial charge in [-0.2, -0.15) is 0 Å². The topological polar surface area (TPSA) is 101 Å². The Bertz CT molecular complexity index is 201. The van der Waals surface area contributed by atoms with Gasteiger partial charge < -0.3 is 19.7 Å². The molecule has 0 fully saturated rings. The van der Waals surface area contributed by atoms with Crippen LogP contribution in [0.2, 0.25) is 0 Å². The van der Waals surface area contributed by atoms with Crippen LogP contribution in [0.3, 0.4) is 0 Å². The third kappa shape index (κ3) is 12.6. The summed E-state index contributed by atoms with van der Waals surface area (Å²) in [6.45, 7) is 3.24. The number of aldehydes is 1. The molecule has 0 aromatic rings. The molecule has 0 aromatic heterocycles. The molecule has 0 aromatic carbocycles. The summed E-state index contributed by atoms with van der Waals surface area (Å²) >= 11 is 0. The van der Waals surface area contributed by atoms with Crippen molar-refractivity contribution in [3.05, 3.63) is 0 Å². The fraction of sp³-hybridized carbons (Fsp3) is 0.667. The molecule has 0 saturated heterocycles. The number of carbonyl (C=O) groups is 3. The number of aliphatic carboxylic acids is 1. The van der Waals surface area contributed by atoms with E-state index in [0.717, 1.165) is 6.29 Å². The molecule has 0 aliphatic heterocycles. The molecule has 15 heavy (non-hydrogen) atoms. The van der Waals surface area contributed by atoms with E-state index >= 15 is 0 Å². The largest absolute Gasteiger partial charge is 0.481 e. The van der Waals surface area contributed by atoms with E-state index in [2.05, 4.69) is 4.74 Å². The number of rotatable bonds is 5. The highest BCUT2D eigenvalue weighted by Crippen LogP contribution is 1.99. The van der Waals surface area contributed by atoms with Gasteiger partial charge in [0, 0.05) is 6.42 Å². The first-order chi connectivity index (χ1) is 6.99. The summed E-state index contributed by atoms with van der Waals surface area (Å²) < 4.78 is 4.45.